The number of hydrogen-bond acceptors (Lipinski definition) is 3. The molecule has 2 aliphatic heterocycles. The first-order valence-corrected chi connectivity index (χ1v) is 7.45. The van der Waals surface area contributed by atoms with E-state index in [4.69, 9.17) is 16.6 Å². The van der Waals surface area contributed by atoms with Gasteiger partial charge in [0.25, 0.3) is 0 Å². The van der Waals surface area contributed by atoms with Crippen LogP contribution in [0.4, 0.5) is 11.4 Å². The molecule has 0 spiro atoms. The van der Waals surface area contributed by atoms with E-state index in [2.05, 4.69) is 29.3 Å². The number of aliphatic imine (C=N–C) groups is 1. The minimum atomic E-state index is 0.561. The van der Waals surface area contributed by atoms with Gasteiger partial charge in [-0.1, -0.05) is 17.7 Å². The van der Waals surface area contributed by atoms with Gasteiger partial charge in [0.1, 0.15) is 5.82 Å². The molecule has 0 fully saturated rings. The molecule has 3 aliphatic rings. The van der Waals surface area contributed by atoms with Gasteiger partial charge in [-0.15, -0.1) is 0 Å². The number of nitrogens with one attached hydrogen (secondary N) is 1. The zero-order valence-corrected chi connectivity index (χ0v) is 12.1. The van der Waals surface area contributed by atoms with E-state index in [1.165, 1.54) is 11.4 Å². The van der Waals surface area contributed by atoms with Crippen molar-refractivity contribution in [1.82, 2.24) is 4.90 Å². The van der Waals surface area contributed by atoms with Gasteiger partial charge < -0.3 is 10.2 Å². The van der Waals surface area contributed by atoms with Gasteiger partial charge in [0.2, 0.25) is 0 Å². The monoisotopic (exact) mass is 285 g/mol. The molecule has 1 atom stereocenters. The molecule has 3 nitrogen and oxygen atoms in total. The van der Waals surface area contributed by atoms with E-state index in [1.807, 2.05) is 18.2 Å². The van der Waals surface area contributed by atoms with Crippen molar-refractivity contribution in [2.75, 3.05) is 18.4 Å². The van der Waals surface area contributed by atoms with Gasteiger partial charge in [-0.25, -0.2) is 4.99 Å². The van der Waals surface area contributed by atoms with Crippen LogP contribution in [0.25, 0.3) is 0 Å². The Balaban J connectivity index is 1.92. The van der Waals surface area contributed by atoms with Gasteiger partial charge in [0.05, 0.1) is 17.1 Å². The Hall–Kier alpha value is -1.74. The van der Waals surface area contributed by atoms with Crippen molar-refractivity contribution in [1.29, 1.82) is 0 Å². The molecule has 0 saturated heterocycles. The molecule has 4 heteroatoms. The van der Waals surface area contributed by atoms with Crippen molar-refractivity contribution in [3.63, 3.8) is 0 Å². The van der Waals surface area contributed by atoms with Crippen LogP contribution in [-0.2, 0) is 0 Å². The molecule has 0 saturated carbocycles. The molecule has 1 aromatic rings. The fourth-order valence-corrected chi connectivity index (χ4v) is 3.44. The minimum Gasteiger partial charge on any atom is -0.358 e. The summed E-state index contributed by atoms with van der Waals surface area (Å²) in [6.45, 7) is 4.28. The molecule has 0 amide bonds. The summed E-state index contributed by atoms with van der Waals surface area (Å²) in [4.78, 5) is 7.24. The first kappa shape index (κ1) is 12.0. The predicted molar refractivity (Wildman–Crippen MR) is 83.7 cm³/mol. The average molecular weight is 286 g/mol. The Bertz CT molecular complexity index is 672. The van der Waals surface area contributed by atoms with Crippen molar-refractivity contribution in [2.45, 2.75) is 13.3 Å². The molecule has 102 valence electrons. The summed E-state index contributed by atoms with van der Waals surface area (Å²) >= 11 is 6.12. The molecule has 20 heavy (non-hydrogen) atoms. The van der Waals surface area contributed by atoms with E-state index < -0.39 is 0 Å². The highest BCUT2D eigenvalue weighted by Crippen LogP contribution is 2.41. The Morgan fingerprint density at radius 2 is 2.35 bits per heavy atom. The number of nitrogens with zero attached hydrogens (tertiary/aromatic N) is 2. The van der Waals surface area contributed by atoms with Gasteiger partial charge in [0.15, 0.2) is 0 Å². The maximum atomic E-state index is 6.12. The third-order valence-corrected chi connectivity index (χ3v) is 4.46. The summed E-state index contributed by atoms with van der Waals surface area (Å²) < 4.78 is 0. The maximum absolute atomic E-state index is 6.12. The normalized spacial score (nSPS) is 23.0. The average Bonchev–Trinajstić information content (AvgIpc) is 2.71. The molecular weight excluding hydrogens is 270 g/mol. The number of anilines is 1. The molecule has 4 rings (SSSR count). The molecule has 1 N–H and O–H groups in total. The zero-order valence-electron chi connectivity index (χ0n) is 11.4. The van der Waals surface area contributed by atoms with Crippen LogP contribution in [0.15, 0.2) is 46.7 Å². The van der Waals surface area contributed by atoms with E-state index in [0.29, 0.717) is 5.92 Å². The molecule has 1 aliphatic carbocycles. The lowest BCUT2D eigenvalue weighted by Crippen LogP contribution is -2.25. The van der Waals surface area contributed by atoms with Crippen LogP contribution >= 0.6 is 11.6 Å². The fraction of sp³-hybridized carbons (Fsp3) is 0.312. The smallest absolute Gasteiger partial charge is 0.112 e. The second-order valence-corrected chi connectivity index (χ2v) is 5.86. The summed E-state index contributed by atoms with van der Waals surface area (Å²) in [5, 5.41) is 4.30. The highest BCUT2D eigenvalue weighted by atomic mass is 35.5. The van der Waals surface area contributed by atoms with Gasteiger partial charge in [-0.05, 0) is 37.6 Å². The standard InChI is InChI=1S/C16H16ClN3/c1-2-20-9-10-4-3-5-13-15(10)16(20)19-14-8-11(17)6-7-12(14)18-13/h3,5-8,10,19H,2,4,9H2,1H3. The summed E-state index contributed by atoms with van der Waals surface area (Å²) in [5.41, 5.74) is 4.41. The van der Waals surface area contributed by atoms with Gasteiger partial charge in [-0.3, -0.25) is 0 Å². The fourth-order valence-electron chi connectivity index (χ4n) is 3.26. The van der Waals surface area contributed by atoms with Crippen LogP contribution in [0.5, 0.6) is 0 Å². The topological polar surface area (TPSA) is 27.6 Å². The Morgan fingerprint density at radius 3 is 3.20 bits per heavy atom. The van der Waals surface area contributed by atoms with Gasteiger partial charge in [0, 0.05) is 29.6 Å². The van der Waals surface area contributed by atoms with Crippen LogP contribution in [0.3, 0.4) is 0 Å². The minimum absolute atomic E-state index is 0.561. The van der Waals surface area contributed by atoms with Crippen LogP contribution in [0.2, 0.25) is 5.02 Å². The van der Waals surface area contributed by atoms with Gasteiger partial charge in [-0.2, -0.15) is 0 Å². The highest BCUT2D eigenvalue weighted by molar-refractivity contribution is 6.31. The van der Waals surface area contributed by atoms with E-state index in [-0.39, 0.29) is 0 Å². The SMILES string of the molecule is CCN1CC2CC=CC3=Nc4ccc(Cl)cc4NC1=C32. The summed E-state index contributed by atoms with van der Waals surface area (Å²) in [6.07, 6.45) is 5.49. The molecule has 0 radical (unpaired) electrons. The summed E-state index contributed by atoms with van der Waals surface area (Å²) in [7, 11) is 0. The largest absolute Gasteiger partial charge is 0.358 e. The van der Waals surface area contributed by atoms with Crippen molar-refractivity contribution < 1.29 is 0 Å². The molecular formula is C16H16ClN3. The highest BCUT2D eigenvalue weighted by Gasteiger charge is 2.35. The molecule has 0 aromatic heterocycles. The lowest BCUT2D eigenvalue weighted by molar-refractivity contribution is 0.365. The van der Waals surface area contributed by atoms with Crippen molar-refractivity contribution >= 4 is 28.7 Å². The lowest BCUT2D eigenvalue weighted by Gasteiger charge is -2.22. The number of allylic oxidation sites excluding steroid dienone is 2. The molecule has 1 unspecified atom stereocenters. The second kappa shape index (κ2) is 4.38. The Labute approximate surface area is 123 Å². The quantitative estimate of drug-likeness (QED) is 0.846. The van der Waals surface area contributed by atoms with E-state index in [9.17, 15) is 0 Å². The third-order valence-electron chi connectivity index (χ3n) is 4.23. The number of rotatable bonds is 1. The molecule has 2 heterocycles. The summed E-state index contributed by atoms with van der Waals surface area (Å²) in [5.74, 6) is 1.77. The first-order valence-electron chi connectivity index (χ1n) is 7.07. The van der Waals surface area contributed by atoms with Gasteiger partial charge >= 0.3 is 0 Å². The number of hydrogen-bond donors (Lipinski definition) is 1. The number of fused-ring (bicyclic) bond motifs is 1. The van der Waals surface area contributed by atoms with Crippen molar-refractivity contribution in [3.8, 4) is 0 Å². The Kier molecular flexibility index (Phi) is 2.64. The van der Waals surface area contributed by atoms with E-state index >= 15 is 0 Å². The Morgan fingerprint density at radius 1 is 1.45 bits per heavy atom. The van der Waals surface area contributed by atoms with Crippen molar-refractivity contribution in [2.24, 2.45) is 10.9 Å². The lowest BCUT2D eigenvalue weighted by atomic mass is 9.89. The molecule has 0 bridgehead atoms. The van der Waals surface area contributed by atoms with E-state index in [0.717, 1.165) is 41.6 Å². The van der Waals surface area contributed by atoms with Crippen LogP contribution in [-0.4, -0.2) is 23.7 Å². The van der Waals surface area contributed by atoms with Crippen LogP contribution < -0.4 is 5.32 Å². The zero-order chi connectivity index (χ0) is 13.7. The van der Waals surface area contributed by atoms with Crippen molar-refractivity contribution in [3.05, 3.63) is 46.8 Å². The summed E-state index contributed by atoms with van der Waals surface area (Å²) in [6, 6.07) is 5.83. The number of benzene rings is 1. The van der Waals surface area contributed by atoms with Crippen LogP contribution in [0.1, 0.15) is 13.3 Å². The third kappa shape index (κ3) is 1.70. The number of halogens is 1. The van der Waals surface area contributed by atoms with E-state index in [1.54, 1.807) is 0 Å². The first-order chi connectivity index (χ1) is 9.76. The predicted octanol–water partition coefficient (Wildman–Crippen LogP) is 3.96. The van der Waals surface area contributed by atoms with Crippen LogP contribution in [0, 0.1) is 5.92 Å². The second-order valence-electron chi connectivity index (χ2n) is 5.42. The maximum Gasteiger partial charge on any atom is 0.112 e. The molecule has 1 aromatic carbocycles.